The molecule has 0 bridgehead atoms. The maximum atomic E-state index is 11.4. The van der Waals surface area contributed by atoms with E-state index in [0.29, 0.717) is 11.3 Å². The molecule has 0 heterocycles. The third-order valence-electron chi connectivity index (χ3n) is 2.05. The minimum atomic E-state index is -0.704. The Morgan fingerprint density at radius 3 is 2.53 bits per heavy atom. The lowest BCUT2D eigenvalue weighted by Gasteiger charge is -2.13. The van der Waals surface area contributed by atoms with Crippen molar-refractivity contribution in [2.24, 2.45) is 0 Å². The summed E-state index contributed by atoms with van der Waals surface area (Å²) in [5.74, 6) is 0.254. The highest BCUT2D eigenvalue weighted by molar-refractivity contribution is 5.76. The molecular formula is C11H14O4. The van der Waals surface area contributed by atoms with E-state index in [1.54, 1.807) is 31.4 Å². The van der Waals surface area contributed by atoms with E-state index in [1.807, 2.05) is 0 Å². The van der Waals surface area contributed by atoms with Gasteiger partial charge in [0.15, 0.2) is 6.10 Å². The minimum absolute atomic E-state index is 0.425. The molecule has 0 aliphatic carbocycles. The Morgan fingerprint density at radius 1 is 1.27 bits per heavy atom. The Bertz CT molecular complexity index is 335. The van der Waals surface area contributed by atoms with Crippen molar-refractivity contribution in [3.63, 3.8) is 0 Å². The number of hydrogen-bond donors (Lipinski definition) is 0. The Labute approximate surface area is 88.8 Å². The third kappa shape index (κ3) is 2.70. The van der Waals surface area contributed by atoms with Gasteiger partial charge in [-0.05, 0) is 17.7 Å². The van der Waals surface area contributed by atoms with Crippen LogP contribution < -0.4 is 4.74 Å². The molecule has 0 spiro atoms. The van der Waals surface area contributed by atoms with Crippen molar-refractivity contribution < 1.29 is 19.0 Å². The zero-order valence-corrected chi connectivity index (χ0v) is 9.02. The summed E-state index contributed by atoms with van der Waals surface area (Å²) in [7, 11) is 4.36. The SMILES string of the molecule is COC(=O)[C@H](OC)c1cccc(OC)c1. The number of esters is 1. The van der Waals surface area contributed by atoms with Crippen LogP contribution in [0.4, 0.5) is 0 Å². The normalized spacial score (nSPS) is 11.9. The fraction of sp³-hybridized carbons (Fsp3) is 0.364. The van der Waals surface area contributed by atoms with E-state index in [2.05, 4.69) is 4.74 Å². The van der Waals surface area contributed by atoms with Gasteiger partial charge in [-0.15, -0.1) is 0 Å². The average molecular weight is 210 g/mol. The lowest BCUT2D eigenvalue weighted by Crippen LogP contribution is -2.15. The van der Waals surface area contributed by atoms with Crippen LogP contribution in [0, 0.1) is 0 Å². The summed E-state index contributed by atoms with van der Waals surface area (Å²) in [6.45, 7) is 0. The van der Waals surface area contributed by atoms with Crippen molar-refractivity contribution in [2.75, 3.05) is 21.3 Å². The summed E-state index contributed by atoms with van der Waals surface area (Å²) >= 11 is 0. The molecule has 0 radical (unpaired) electrons. The van der Waals surface area contributed by atoms with Gasteiger partial charge in [0.2, 0.25) is 0 Å². The van der Waals surface area contributed by atoms with Gasteiger partial charge in [-0.2, -0.15) is 0 Å². The zero-order valence-electron chi connectivity index (χ0n) is 9.02. The molecule has 0 saturated carbocycles. The highest BCUT2D eigenvalue weighted by atomic mass is 16.6. The topological polar surface area (TPSA) is 44.8 Å². The van der Waals surface area contributed by atoms with Gasteiger partial charge in [-0.1, -0.05) is 12.1 Å². The Hall–Kier alpha value is -1.55. The van der Waals surface area contributed by atoms with Crippen LogP contribution in [0.2, 0.25) is 0 Å². The summed E-state index contributed by atoms with van der Waals surface area (Å²) in [5, 5.41) is 0. The second-order valence-corrected chi connectivity index (χ2v) is 2.92. The van der Waals surface area contributed by atoms with E-state index in [1.165, 1.54) is 14.2 Å². The summed E-state index contributed by atoms with van der Waals surface area (Å²) in [4.78, 5) is 11.4. The number of methoxy groups -OCH3 is 3. The van der Waals surface area contributed by atoms with Gasteiger partial charge in [0.05, 0.1) is 14.2 Å². The van der Waals surface area contributed by atoms with Crippen LogP contribution in [0.25, 0.3) is 0 Å². The smallest absolute Gasteiger partial charge is 0.339 e. The maximum Gasteiger partial charge on any atom is 0.339 e. The molecule has 4 heteroatoms. The predicted molar refractivity (Wildman–Crippen MR) is 54.8 cm³/mol. The molecule has 0 unspecified atom stereocenters. The molecule has 0 aliphatic heterocycles. The van der Waals surface area contributed by atoms with Crippen molar-refractivity contribution in [2.45, 2.75) is 6.10 Å². The quantitative estimate of drug-likeness (QED) is 0.707. The molecule has 0 N–H and O–H groups in total. The number of hydrogen-bond acceptors (Lipinski definition) is 4. The zero-order chi connectivity index (χ0) is 11.3. The van der Waals surface area contributed by atoms with Crippen LogP contribution in [-0.2, 0) is 14.3 Å². The molecule has 1 aromatic rings. The number of carbonyl (C=O) groups is 1. The monoisotopic (exact) mass is 210 g/mol. The average Bonchev–Trinajstić information content (AvgIpc) is 2.30. The molecule has 15 heavy (non-hydrogen) atoms. The molecule has 0 fully saturated rings. The van der Waals surface area contributed by atoms with Gasteiger partial charge in [0.1, 0.15) is 5.75 Å². The Morgan fingerprint density at radius 2 is 2.00 bits per heavy atom. The molecule has 4 nitrogen and oxygen atoms in total. The molecule has 1 atom stereocenters. The standard InChI is InChI=1S/C11H14O4/c1-13-9-6-4-5-8(7-9)10(14-2)11(12)15-3/h4-7,10H,1-3H3/t10-/m1/s1. The lowest BCUT2D eigenvalue weighted by molar-refractivity contribution is -0.152. The van der Waals surface area contributed by atoms with Gasteiger partial charge in [0.25, 0.3) is 0 Å². The van der Waals surface area contributed by atoms with Crippen LogP contribution >= 0.6 is 0 Å². The van der Waals surface area contributed by atoms with Crippen LogP contribution in [0.3, 0.4) is 0 Å². The van der Waals surface area contributed by atoms with E-state index < -0.39 is 12.1 Å². The summed E-state index contributed by atoms with van der Waals surface area (Å²) in [6, 6.07) is 7.12. The third-order valence-corrected chi connectivity index (χ3v) is 2.05. The van der Waals surface area contributed by atoms with E-state index in [-0.39, 0.29) is 0 Å². The first-order chi connectivity index (χ1) is 7.22. The fourth-order valence-electron chi connectivity index (χ4n) is 1.28. The second-order valence-electron chi connectivity index (χ2n) is 2.92. The molecule has 1 aromatic carbocycles. The molecule has 82 valence electrons. The van der Waals surface area contributed by atoms with Crippen molar-refractivity contribution in [3.8, 4) is 5.75 Å². The molecular weight excluding hydrogens is 196 g/mol. The van der Waals surface area contributed by atoms with Crippen LogP contribution in [0.15, 0.2) is 24.3 Å². The maximum absolute atomic E-state index is 11.4. The van der Waals surface area contributed by atoms with Gasteiger partial charge in [0, 0.05) is 7.11 Å². The molecule has 0 aliphatic rings. The number of benzene rings is 1. The number of rotatable bonds is 4. The Balaban J connectivity index is 2.96. The molecule has 1 rings (SSSR count). The lowest BCUT2D eigenvalue weighted by atomic mass is 10.1. The van der Waals surface area contributed by atoms with Crippen molar-refractivity contribution >= 4 is 5.97 Å². The van der Waals surface area contributed by atoms with Gasteiger partial charge in [-0.3, -0.25) is 0 Å². The van der Waals surface area contributed by atoms with E-state index in [0.717, 1.165) is 0 Å². The van der Waals surface area contributed by atoms with Crippen molar-refractivity contribution in [1.82, 2.24) is 0 Å². The van der Waals surface area contributed by atoms with E-state index in [4.69, 9.17) is 9.47 Å². The first-order valence-corrected chi connectivity index (χ1v) is 4.47. The summed E-state index contributed by atoms with van der Waals surface area (Å²) in [6.07, 6.45) is -0.704. The second kappa shape index (κ2) is 5.36. The largest absolute Gasteiger partial charge is 0.497 e. The van der Waals surface area contributed by atoms with Crippen molar-refractivity contribution in [3.05, 3.63) is 29.8 Å². The summed E-state index contributed by atoms with van der Waals surface area (Å²) in [5.41, 5.74) is 0.712. The fourth-order valence-corrected chi connectivity index (χ4v) is 1.28. The van der Waals surface area contributed by atoms with Crippen LogP contribution in [0.5, 0.6) is 5.75 Å². The van der Waals surface area contributed by atoms with Crippen molar-refractivity contribution in [1.29, 1.82) is 0 Å². The molecule has 0 saturated heterocycles. The first kappa shape index (κ1) is 11.5. The highest BCUT2D eigenvalue weighted by Crippen LogP contribution is 2.22. The van der Waals surface area contributed by atoms with Gasteiger partial charge >= 0.3 is 5.97 Å². The van der Waals surface area contributed by atoms with E-state index >= 15 is 0 Å². The number of ether oxygens (including phenoxy) is 3. The molecule has 0 aromatic heterocycles. The highest BCUT2D eigenvalue weighted by Gasteiger charge is 2.20. The minimum Gasteiger partial charge on any atom is -0.497 e. The molecule has 0 amide bonds. The number of carbonyl (C=O) groups excluding carboxylic acids is 1. The first-order valence-electron chi connectivity index (χ1n) is 4.47. The van der Waals surface area contributed by atoms with Crippen LogP contribution in [-0.4, -0.2) is 27.3 Å². The van der Waals surface area contributed by atoms with Crippen LogP contribution in [0.1, 0.15) is 11.7 Å². The summed E-state index contributed by atoms with van der Waals surface area (Å²) < 4.78 is 14.7. The van der Waals surface area contributed by atoms with Gasteiger partial charge < -0.3 is 14.2 Å². The van der Waals surface area contributed by atoms with Gasteiger partial charge in [-0.25, -0.2) is 4.79 Å². The predicted octanol–water partition coefficient (Wildman–Crippen LogP) is 1.56. The van der Waals surface area contributed by atoms with E-state index in [9.17, 15) is 4.79 Å². The Kier molecular flexibility index (Phi) is 4.12.